The average Bonchev–Trinajstić information content (AvgIpc) is 2.83. The molecule has 0 aromatic rings. The molecule has 2 atom stereocenters. The number of nitrogens with one attached hydrogen (secondary N) is 1. The minimum atomic E-state index is 0.484. The summed E-state index contributed by atoms with van der Waals surface area (Å²) in [6, 6.07) is 0.989. The van der Waals surface area contributed by atoms with Gasteiger partial charge in [0.05, 0.1) is 6.04 Å². The fourth-order valence-electron chi connectivity index (χ4n) is 2.63. The van der Waals surface area contributed by atoms with Crippen LogP contribution in [0.4, 0.5) is 0 Å². The Bertz CT molecular complexity index is 276. The van der Waals surface area contributed by atoms with Crippen molar-refractivity contribution in [2.45, 2.75) is 56.9 Å². The fraction of sp³-hybridized carbons (Fsp3) is 0.917. The van der Waals surface area contributed by atoms with Gasteiger partial charge in [0.15, 0.2) is 0 Å². The van der Waals surface area contributed by atoms with E-state index >= 15 is 0 Å². The molecule has 0 radical (unpaired) electrons. The predicted octanol–water partition coefficient (Wildman–Crippen LogP) is 1.57. The Morgan fingerprint density at radius 2 is 2.06 bits per heavy atom. The van der Waals surface area contributed by atoms with Crippen molar-refractivity contribution >= 4 is 17.7 Å². The van der Waals surface area contributed by atoms with Gasteiger partial charge in [0.25, 0.3) is 0 Å². The Labute approximate surface area is 108 Å². The second-order valence-corrected chi connectivity index (χ2v) is 6.53. The maximum absolute atomic E-state index is 5.66. The van der Waals surface area contributed by atoms with Crippen LogP contribution in [-0.2, 0) is 0 Å². The van der Waals surface area contributed by atoms with Gasteiger partial charge in [-0.25, -0.2) is 10.8 Å². The third kappa shape index (κ3) is 3.07. The van der Waals surface area contributed by atoms with Gasteiger partial charge in [0, 0.05) is 23.6 Å². The van der Waals surface area contributed by atoms with Crippen LogP contribution in [0, 0.1) is 0 Å². The molecule has 0 amide bonds. The molecule has 0 aromatic carbocycles. The van der Waals surface area contributed by atoms with Gasteiger partial charge in [0.1, 0.15) is 0 Å². The van der Waals surface area contributed by atoms with Crippen LogP contribution in [0.1, 0.15) is 39.5 Å². The van der Waals surface area contributed by atoms with Gasteiger partial charge >= 0.3 is 0 Å². The van der Waals surface area contributed by atoms with Gasteiger partial charge in [-0.2, -0.15) is 11.8 Å². The van der Waals surface area contributed by atoms with Crippen molar-refractivity contribution in [1.29, 1.82) is 0 Å². The molecule has 5 heteroatoms. The lowest BCUT2D eigenvalue weighted by Crippen LogP contribution is -2.54. The standard InChI is InChI=1S/C12H24N4S/c1-9-10(2)17-8-7-16(9)12(15-13)14-11-5-3-4-6-11/h9-11H,3-8,13H2,1-2H3,(H,14,15). The van der Waals surface area contributed by atoms with Crippen molar-refractivity contribution in [3.63, 3.8) is 0 Å². The molecule has 1 saturated carbocycles. The Morgan fingerprint density at radius 3 is 2.71 bits per heavy atom. The van der Waals surface area contributed by atoms with Gasteiger partial charge in [-0.15, -0.1) is 0 Å². The minimum absolute atomic E-state index is 0.484. The normalized spacial score (nSPS) is 31.9. The molecule has 2 aliphatic rings. The number of aliphatic imine (C=N–C) groups is 1. The number of nitrogens with two attached hydrogens (primary N) is 1. The van der Waals surface area contributed by atoms with Crippen LogP contribution >= 0.6 is 11.8 Å². The number of nitrogens with zero attached hydrogens (tertiary/aromatic N) is 2. The molecule has 17 heavy (non-hydrogen) atoms. The van der Waals surface area contributed by atoms with Crippen LogP contribution in [0.15, 0.2) is 4.99 Å². The molecule has 0 bridgehead atoms. The average molecular weight is 256 g/mol. The first kappa shape index (κ1) is 13.0. The summed E-state index contributed by atoms with van der Waals surface area (Å²) in [4.78, 5) is 7.13. The van der Waals surface area contributed by atoms with E-state index in [9.17, 15) is 0 Å². The summed E-state index contributed by atoms with van der Waals surface area (Å²) >= 11 is 2.04. The van der Waals surface area contributed by atoms with E-state index in [0.717, 1.165) is 18.3 Å². The monoisotopic (exact) mass is 256 g/mol. The van der Waals surface area contributed by atoms with E-state index in [-0.39, 0.29) is 0 Å². The molecular weight excluding hydrogens is 232 g/mol. The lowest BCUT2D eigenvalue weighted by atomic mass is 10.2. The molecule has 0 spiro atoms. The van der Waals surface area contributed by atoms with Gasteiger partial charge in [0.2, 0.25) is 5.96 Å². The molecule has 1 heterocycles. The van der Waals surface area contributed by atoms with E-state index in [0.29, 0.717) is 17.3 Å². The summed E-state index contributed by atoms with van der Waals surface area (Å²) < 4.78 is 0. The van der Waals surface area contributed by atoms with Crippen LogP contribution in [-0.4, -0.2) is 40.5 Å². The Hall–Kier alpha value is -0.420. The molecule has 0 aromatic heterocycles. The number of thioether (sulfide) groups is 1. The third-order valence-electron chi connectivity index (χ3n) is 3.91. The van der Waals surface area contributed by atoms with Gasteiger partial charge in [-0.3, -0.25) is 5.43 Å². The zero-order chi connectivity index (χ0) is 12.3. The van der Waals surface area contributed by atoms with Crippen molar-refractivity contribution in [2.24, 2.45) is 10.8 Å². The highest BCUT2D eigenvalue weighted by Crippen LogP contribution is 2.25. The highest BCUT2D eigenvalue weighted by molar-refractivity contribution is 8.00. The van der Waals surface area contributed by atoms with Crippen molar-refractivity contribution in [3.05, 3.63) is 0 Å². The number of rotatable bonds is 1. The summed E-state index contributed by atoms with van der Waals surface area (Å²) in [7, 11) is 0. The van der Waals surface area contributed by atoms with Crippen LogP contribution in [0.25, 0.3) is 0 Å². The molecular formula is C12H24N4S. The van der Waals surface area contributed by atoms with Crippen molar-refractivity contribution < 1.29 is 0 Å². The molecule has 2 fully saturated rings. The first-order chi connectivity index (χ1) is 8.22. The first-order valence-electron chi connectivity index (χ1n) is 6.65. The first-order valence-corrected chi connectivity index (χ1v) is 7.70. The van der Waals surface area contributed by atoms with E-state index in [1.165, 1.54) is 25.7 Å². The largest absolute Gasteiger partial charge is 0.337 e. The topological polar surface area (TPSA) is 53.6 Å². The predicted molar refractivity (Wildman–Crippen MR) is 75.1 cm³/mol. The lowest BCUT2D eigenvalue weighted by Gasteiger charge is -2.39. The lowest BCUT2D eigenvalue weighted by molar-refractivity contribution is 0.321. The Morgan fingerprint density at radius 1 is 1.35 bits per heavy atom. The van der Waals surface area contributed by atoms with E-state index < -0.39 is 0 Å². The highest BCUT2D eigenvalue weighted by atomic mass is 32.2. The number of hydrazine groups is 1. The molecule has 1 aliphatic carbocycles. The van der Waals surface area contributed by atoms with Crippen LogP contribution in [0.2, 0.25) is 0 Å². The van der Waals surface area contributed by atoms with E-state index in [2.05, 4.69) is 24.2 Å². The smallest absolute Gasteiger partial charge is 0.208 e. The van der Waals surface area contributed by atoms with Gasteiger partial charge in [-0.1, -0.05) is 19.8 Å². The quantitative estimate of drug-likeness (QED) is 0.324. The highest BCUT2D eigenvalue weighted by Gasteiger charge is 2.28. The molecule has 3 N–H and O–H groups in total. The zero-order valence-electron chi connectivity index (χ0n) is 10.9. The summed E-state index contributed by atoms with van der Waals surface area (Å²) in [5, 5.41) is 0.644. The molecule has 2 rings (SSSR count). The maximum Gasteiger partial charge on any atom is 0.208 e. The summed E-state index contributed by atoms with van der Waals surface area (Å²) in [5.41, 5.74) is 2.82. The summed E-state index contributed by atoms with van der Waals surface area (Å²) in [5.74, 6) is 7.72. The summed E-state index contributed by atoms with van der Waals surface area (Å²) in [6.07, 6.45) is 5.07. The fourth-order valence-corrected chi connectivity index (χ4v) is 3.73. The van der Waals surface area contributed by atoms with Crippen LogP contribution in [0.3, 0.4) is 0 Å². The van der Waals surface area contributed by atoms with Crippen LogP contribution < -0.4 is 11.3 Å². The second-order valence-electron chi connectivity index (χ2n) is 5.05. The third-order valence-corrected chi connectivity index (χ3v) is 5.25. The van der Waals surface area contributed by atoms with Crippen molar-refractivity contribution in [1.82, 2.24) is 10.3 Å². The number of hydrogen-bond donors (Lipinski definition) is 2. The number of hydrogen-bond acceptors (Lipinski definition) is 3. The van der Waals surface area contributed by atoms with Gasteiger partial charge in [-0.05, 0) is 19.8 Å². The molecule has 98 valence electrons. The van der Waals surface area contributed by atoms with Crippen molar-refractivity contribution in [3.8, 4) is 0 Å². The Balaban J connectivity index is 2.05. The molecule has 2 unspecified atom stereocenters. The van der Waals surface area contributed by atoms with Crippen molar-refractivity contribution in [2.75, 3.05) is 12.3 Å². The maximum atomic E-state index is 5.66. The minimum Gasteiger partial charge on any atom is -0.337 e. The zero-order valence-corrected chi connectivity index (χ0v) is 11.7. The van der Waals surface area contributed by atoms with E-state index in [4.69, 9.17) is 10.8 Å². The summed E-state index contributed by atoms with van der Waals surface area (Å²) in [6.45, 7) is 5.59. The van der Waals surface area contributed by atoms with Gasteiger partial charge < -0.3 is 4.90 Å². The molecule has 1 saturated heterocycles. The molecule has 4 nitrogen and oxygen atoms in total. The van der Waals surface area contributed by atoms with E-state index in [1.807, 2.05) is 11.8 Å². The van der Waals surface area contributed by atoms with E-state index in [1.54, 1.807) is 0 Å². The SMILES string of the molecule is CC1SCCN(C(=NC2CCCC2)NN)C1C. The van der Waals surface area contributed by atoms with Crippen LogP contribution in [0.5, 0.6) is 0 Å². The Kier molecular flexibility index (Phi) is 4.56. The molecule has 1 aliphatic heterocycles. The second kappa shape index (κ2) is 5.96. The number of guanidine groups is 1.